The number of unbranched alkanes of at least 4 members (excludes halogenated alkanes) is 5. The molecule has 0 saturated heterocycles. The fourth-order valence-electron chi connectivity index (χ4n) is 3.00. The lowest BCUT2D eigenvalue weighted by molar-refractivity contribution is -0.928. The van der Waals surface area contributed by atoms with Crippen molar-refractivity contribution in [2.45, 2.75) is 78.6 Å². The van der Waals surface area contributed by atoms with Gasteiger partial charge in [-0.3, -0.25) is 4.79 Å². The molecule has 21 heavy (non-hydrogen) atoms. The zero-order valence-corrected chi connectivity index (χ0v) is 15.0. The molecular formula is C18H39N2O+. The lowest BCUT2D eigenvalue weighted by atomic mass is 10.1. The SMILES string of the molecule is CCCCCC[N+](CCCC)(CCCC)CCC(=O)NC. The van der Waals surface area contributed by atoms with Gasteiger partial charge in [-0.25, -0.2) is 0 Å². The number of carbonyl (C=O) groups is 1. The maximum Gasteiger partial charge on any atom is 0.225 e. The molecule has 0 aromatic carbocycles. The van der Waals surface area contributed by atoms with Gasteiger partial charge in [-0.1, -0.05) is 46.5 Å². The summed E-state index contributed by atoms with van der Waals surface area (Å²) in [5, 5.41) is 2.78. The Morgan fingerprint density at radius 3 is 1.76 bits per heavy atom. The van der Waals surface area contributed by atoms with Crippen molar-refractivity contribution >= 4 is 5.91 Å². The van der Waals surface area contributed by atoms with Crippen LogP contribution in [0.2, 0.25) is 0 Å². The summed E-state index contributed by atoms with van der Waals surface area (Å²) in [4.78, 5) is 11.7. The summed E-state index contributed by atoms with van der Waals surface area (Å²) in [7, 11) is 1.75. The van der Waals surface area contributed by atoms with Crippen LogP contribution in [0.5, 0.6) is 0 Å². The fourth-order valence-corrected chi connectivity index (χ4v) is 3.00. The largest absolute Gasteiger partial charge is 0.359 e. The number of quaternary nitrogens is 1. The number of hydrogen-bond acceptors (Lipinski definition) is 1. The highest BCUT2D eigenvalue weighted by atomic mass is 16.1. The van der Waals surface area contributed by atoms with E-state index >= 15 is 0 Å². The Morgan fingerprint density at radius 2 is 1.29 bits per heavy atom. The molecule has 0 rings (SSSR count). The number of rotatable bonds is 14. The molecule has 0 spiro atoms. The molecule has 0 aromatic rings. The highest BCUT2D eigenvalue weighted by molar-refractivity contribution is 5.75. The Kier molecular flexibility index (Phi) is 12.8. The standard InChI is InChI=1S/C18H38N2O/c1-5-8-11-12-16-20(14-9-6-2,15-10-7-3)17-13-18(21)19-4/h5-17H2,1-4H3/p+1. The zero-order chi connectivity index (χ0) is 16.0. The van der Waals surface area contributed by atoms with Crippen LogP contribution in [0.25, 0.3) is 0 Å². The third-order valence-corrected chi connectivity index (χ3v) is 4.55. The Morgan fingerprint density at radius 1 is 0.762 bits per heavy atom. The fraction of sp³-hybridized carbons (Fsp3) is 0.944. The van der Waals surface area contributed by atoms with Gasteiger partial charge in [0.25, 0.3) is 0 Å². The summed E-state index contributed by atoms with van der Waals surface area (Å²) in [6.07, 6.45) is 11.0. The normalized spacial score (nSPS) is 11.6. The van der Waals surface area contributed by atoms with Crippen LogP contribution in [0.4, 0.5) is 0 Å². The number of carbonyl (C=O) groups excluding carboxylic acids is 1. The van der Waals surface area contributed by atoms with E-state index in [0.29, 0.717) is 6.42 Å². The van der Waals surface area contributed by atoms with E-state index in [4.69, 9.17) is 0 Å². The van der Waals surface area contributed by atoms with Gasteiger partial charge in [0.05, 0.1) is 32.6 Å². The van der Waals surface area contributed by atoms with Crippen molar-refractivity contribution in [3.63, 3.8) is 0 Å². The predicted molar refractivity (Wildman–Crippen MR) is 92.4 cm³/mol. The minimum Gasteiger partial charge on any atom is -0.359 e. The number of hydrogen-bond donors (Lipinski definition) is 1. The first kappa shape index (κ1) is 20.4. The van der Waals surface area contributed by atoms with Crippen LogP contribution in [0.15, 0.2) is 0 Å². The van der Waals surface area contributed by atoms with Gasteiger partial charge in [-0.05, 0) is 25.7 Å². The summed E-state index contributed by atoms with van der Waals surface area (Å²) in [5.74, 6) is 0.194. The van der Waals surface area contributed by atoms with E-state index in [2.05, 4.69) is 26.1 Å². The Hall–Kier alpha value is -0.570. The molecule has 0 aliphatic carbocycles. The Balaban J connectivity index is 4.61. The third kappa shape index (κ3) is 9.89. The number of amides is 1. The molecule has 126 valence electrons. The van der Waals surface area contributed by atoms with Crippen LogP contribution in [-0.4, -0.2) is 43.6 Å². The van der Waals surface area contributed by atoms with Crippen molar-refractivity contribution in [2.75, 3.05) is 33.2 Å². The van der Waals surface area contributed by atoms with Gasteiger partial charge in [0.15, 0.2) is 0 Å². The van der Waals surface area contributed by atoms with Crippen molar-refractivity contribution in [3.05, 3.63) is 0 Å². The first-order valence-corrected chi connectivity index (χ1v) is 9.19. The molecule has 3 heteroatoms. The minimum absolute atomic E-state index is 0.194. The van der Waals surface area contributed by atoms with E-state index in [0.717, 1.165) is 6.54 Å². The molecule has 0 aliphatic rings. The maximum absolute atomic E-state index is 11.7. The first-order valence-electron chi connectivity index (χ1n) is 9.19. The van der Waals surface area contributed by atoms with E-state index in [1.165, 1.54) is 75.5 Å². The molecule has 0 unspecified atom stereocenters. The molecule has 0 aromatic heterocycles. The summed E-state index contributed by atoms with van der Waals surface area (Å²) in [6.45, 7) is 11.6. The molecule has 0 aliphatic heterocycles. The van der Waals surface area contributed by atoms with Crippen LogP contribution >= 0.6 is 0 Å². The van der Waals surface area contributed by atoms with Gasteiger partial charge < -0.3 is 9.80 Å². The molecule has 1 amide bonds. The first-order chi connectivity index (χ1) is 10.1. The smallest absolute Gasteiger partial charge is 0.225 e. The van der Waals surface area contributed by atoms with Gasteiger partial charge in [0, 0.05) is 7.05 Å². The van der Waals surface area contributed by atoms with Gasteiger partial charge >= 0.3 is 0 Å². The average Bonchev–Trinajstić information content (AvgIpc) is 2.52. The van der Waals surface area contributed by atoms with E-state index in [1.807, 2.05) is 0 Å². The molecule has 0 atom stereocenters. The monoisotopic (exact) mass is 299 g/mol. The van der Waals surface area contributed by atoms with Crippen molar-refractivity contribution in [2.24, 2.45) is 0 Å². The van der Waals surface area contributed by atoms with E-state index in [-0.39, 0.29) is 5.91 Å². The summed E-state index contributed by atoms with van der Waals surface area (Å²) in [5.41, 5.74) is 0. The van der Waals surface area contributed by atoms with E-state index in [1.54, 1.807) is 7.05 Å². The van der Waals surface area contributed by atoms with Gasteiger partial charge in [0.2, 0.25) is 5.91 Å². The van der Waals surface area contributed by atoms with Crippen molar-refractivity contribution < 1.29 is 9.28 Å². The molecule has 0 bridgehead atoms. The number of nitrogens with one attached hydrogen (secondary N) is 1. The average molecular weight is 300 g/mol. The van der Waals surface area contributed by atoms with Crippen LogP contribution in [-0.2, 0) is 4.79 Å². The lowest BCUT2D eigenvalue weighted by Gasteiger charge is -2.39. The molecule has 0 saturated carbocycles. The molecular weight excluding hydrogens is 260 g/mol. The summed E-state index contributed by atoms with van der Waals surface area (Å²) < 4.78 is 1.17. The van der Waals surface area contributed by atoms with Crippen molar-refractivity contribution in [1.29, 1.82) is 0 Å². The van der Waals surface area contributed by atoms with Gasteiger partial charge in [0.1, 0.15) is 0 Å². The summed E-state index contributed by atoms with van der Waals surface area (Å²) in [6, 6.07) is 0. The van der Waals surface area contributed by atoms with Gasteiger partial charge in [-0.15, -0.1) is 0 Å². The molecule has 1 N–H and O–H groups in total. The van der Waals surface area contributed by atoms with Crippen LogP contribution in [0.3, 0.4) is 0 Å². The van der Waals surface area contributed by atoms with Crippen molar-refractivity contribution in [1.82, 2.24) is 5.32 Å². The van der Waals surface area contributed by atoms with Gasteiger partial charge in [-0.2, -0.15) is 0 Å². The summed E-state index contributed by atoms with van der Waals surface area (Å²) >= 11 is 0. The Bertz CT molecular complexity index is 246. The molecule has 0 heterocycles. The van der Waals surface area contributed by atoms with E-state index < -0.39 is 0 Å². The second-order valence-corrected chi connectivity index (χ2v) is 6.43. The second kappa shape index (κ2) is 13.1. The highest BCUT2D eigenvalue weighted by Crippen LogP contribution is 2.16. The van der Waals surface area contributed by atoms with Crippen LogP contribution in [0, 0.1) is 0 Å². The highest BCUT2D eigenvalue weighted by Gasteiger charge is 2.26. The zero-order valence-electron chi connectivity index (χ0n) is 15.0. The second-order valence-electron chi connectivity index (χ2n) is 6.43. The quantitative estimate of drug-likeness (QED) is 0.379. The minimum atomic E-state index is 0.194. The maximum atomic E-state index is 11.7. The Labute approximate surface area is 133 Å². The molecule has 3 nitrogen and oxygen atoms in total. The van der Waals surface area contributed by atoms with Crippen molar-refractivity contribution in [3.8, 4) is 0 Å². The lowest BCUT2D eigenvalue weighted by Crippen LogP contribution is -2.51. The predicted octanol–water partition coefficient (Wildman–Crippen LogP) is 4.12. The van der Waals surface area contributed by atoms with Crippen LogP contribution in [0.1, 0.15) is 78.6 Å². The van der Waals surface area contributed by atoms with E-state index in [9.17, 15) is 4.79 Å². The van der Waals surface area contributed by atoms with Crippen LogP contribution < -0.4 is 5.32 Å². The third-order valence-electron chi connectivity index (χ3n) is 4.55. The molecule has 0 fully saturated rings. The topological polar surface area (TPSA) is 29.1 Å². The number of nitrogens with zero attached hydrogens (tertiary/aromatic N) is 1. The molecule has 0 radical (unpaired) electrons.